The first-order valence-corrected chi connectivity index (χ1v) is 43.9. The van der Waals surface area contributed by atoms with Gasteiger partial charge in [0.15, 0.2) is 0 Å². The van der Waals surface area contributed by atoms with Gasteiger partial charge in [0, 0.05) is 66.4 Å². The van der Waals surface area contributed by atoms with Gasteiger partial charge in [-0.25, -0.2) is 0 Å². The normalized spacial score (nSPS) is 8.76. The lowest BCUT2D eigenvalue weighted by molar-refractivity contribution is -0.385. The SMILES string of the molecule is CC.CC.CC.CC.CC.CC.CC.CC.CC.CC.CC.CC.Cc1ccc(Cc2ccc(N)cc2)cc1.Cc1ccc(Cc2ccc([N+](=O)[O-])cc2)cc1.Cc1ccc(Cc2ccc([N+](=O)[O-])cc2)cc1.Cc1ccc(Cc2ccc([N+](=O)[O-])cc2)cc1.Cc1ccc(Cc2ccc([N+](=O)[O-])cc2)cc1.O=[N+]([O-])c1ccc(Cc2ccccc2)cc1. The molecule has 16 nitrogen and oxygen atoms in total. The molecule has 0 aromatic heterocycles. The highest BCUT2D eigenvalue weighted by Gasteiger charge is 2.10. The number of nitro benzene ring substituents is 5. The maximum atomic E-state index is 10.5. The minimum atomic E-state index is -0.383. The lowest BCUT2D eigenvalue weighted by atomic mass is 10.0. The van der Waals surface area contributed by atoms with Crippen molar-refractivity contribution in [3.8, 4) is 0 Å². The van der Waals surface area contributed by atoms with Crippen molar-refractivity contribution < 1.29 is 24.6 Å². The molecular weight excluding hydrogens is 1530 g/mol. The summed E-state index contributed by atoms with van der Waals surface area (Å²) in [5.74, 6) is 0. The number of rotatable bonds is 17. The van der Waals surface area contributed by atoms with Crippen LogP contribution in [0, 0.1) is 85.2 Å². The number of hydrogen-bond donors (Lipinski definition) is 1. The molecule has 0 spiro atoms. The van der Waals surface area contributed by atoms with Gasteiger partial charge in [-0.05, 0) is 152 Å². The molecule has 0 fully saturated rings. The van der Waals surface area contributed by atoms with Gasteiger partial charge in [-0.3, -0.25) is 50.6 Å². The van der Waals surface area contributed by atoms with Crippen molar-refractivity contribution in [3.05, 3.63) is 442 Å². The zero-order valence-corrected chi connectivity index (χ0v) is 79.9. The minimum Gasteiger partial charge on any atom is -0.399 e. The van der Waals surface area contributed by atoms with Crippen molar-refractivity contribution in [2.24, 2.45) is 0 Å². The second kappa shape index (κ2) is 80.5. The maximum Gasteiger partial charge on any atom is 0.269 e. The number of nitro groups is 5. The van der Waals surface area contributed by atoms with Gasteiger partial charge in [0.05, 0.1) is 24.6 Å². The Balaban J connectivity index is -0.000000317. The molecule has 16 heteroatoms. The number of non-ortho nitro benzene ring substituents is 5. The summed E-state index contributed by atoms with van der Waals surface area (Å²) >= 11 is 0. The smallest absolute Gasteiger partial charge is 0.269 e. The molecule has 0 aliphatic heterocycles. The summed E-state index contributed by atoms with van der Waals surface area (Å²) in [6.07, 6.45) is 4.99. The molecule has 668 valence electrons. The van der Waals surface area contributed by atoms with E-state index >= 15 is 0 Å². The van der Waals surface area contributed by atoms with Crippen LogP contribution in [-0.4, -0.2) is 24.6 Å². The number of nitrogens with zero attached hydrogens (tertiary/aromatic N) is 5. The average molecular weight is 1680 g/mol. The summed E-state index contributed by atoms with van der Waals surface area (Å²) in [4.78, 5) is 50.6. The Kier molecular flexibility index (Phi) is 79.4. The van der Waals surface area contributed by atoms with E-state index in [9.17, 15) is 50.6 Å². The van der Waals surface area contributed by atoms with E-state index in [0.29, 0.717) is 0 Å². The zero-order valence-electron chi connectivity index (χ0n) is 79.9. The molecule has 123 heavy (non-hydrogen) atoms. The van der Waals surface area contributed by atoms with Crippen molar-refractivity contribution in [3.63, 3.8) is 0 Å². The lowest BCUT2D eigenvalue weighted by Gasteiger charge is -2.02. The molecule has 0 amide bonds. The van der Waals surface area contributed by atoms with Gasteiger partial charge in [-0.15, -0.1) is 0 Å². The van der Waals surface area contributed by atoms with Crippen LogP contribution < -0.4 is 5.73 Å². The highest BCUT2D eigenvalue weighted by molar-refractivity contribution is 5.43. The molecule has 0 bridgehead atoms. The predicted molar refractivity (Wildman–Crippen MR) is 532 cm³/mol. The second-order valence-electron chi connectivity index (χ2n) is 23.8. The monoisotopic (exact) mass is 1680 g/mol. The Hall–Kier alpha value is -12.6. The fraction of sp³-hybridized carbons (Fsp3) is 0.327. The first kappa shape index (κ1) is 121. The fourth-order valence-electron chi connectivity index (χ4n) is 9.85. The van der Waals surface area contributed by atoms with Crippen LogP contribution in [0.15, 0.2) is 297 Å². The van der Waals surface area contributed by atoms with Gasteiger partial charge in [0.25, 0.3) is 28.4 Å². The van der Waals surface area contributed by atoms with Crippen molar-refractivity contribution >= 4 is 34.1 Å². The Morgan fingerprint density at radius 1 is 0.171 bits per heavy atom. The molecule has 0 unspecified atom stereocenters. The van der Waals surface area contributed by atoms with Gasteiger partial charge in [0.1, 0.15) is 0 Å². The van der Waals surface area contributed by atoms with Crippen LogP contribution in [0.3, 0.4) is 0 Å². The third kappa shape index (κ3) is 56.6. The number of nitrogen functional groups attached to an aromatic ring is 1. The standard InChI is InChI=1S/4C14H13NO2.C14H15N.C13H11NO2.12C2H6/c4*1-11-2-4-12(5-3-11)10-13-6-8-14(9-7-13)15(16)17;1-11-2-4-12(5-3-11)10-13-6-8-14(15)9-7-13;15-14(16)13-8-6-12(7-9-13)10-11-4-2-1-3-5-11;12*1-2/h4*2-9H,10H2,1H3;2-9H,10,15H2,1H3;1-9H,10H2;12*1-2H3. The molecule has 0 aliphatic rings. The molecule has 0 radical (unpaired) electrons. The second-order valence-corrected chi connectivity index (χ2v) is 23.8. The Bertz CT molecular complexity index is 4040. The summed E-state index contributed by atoms with van der Waals surface area (Å²) < 4.78 is 0. The summed E-state index contributed by atoms with van der Waals surface area (Å²) in [7, 11) is 0. The van der Waals surface area contributed by atoms with Crippen molar-refractivity contribution in [1.29, 1.82) is 0 Å². The molecule has 0 aliphatic carbocycles. The van der Waals surface area contributed by atoms with Crippen LogP contribution in [-0.2, 0) is 38.5 Å². The Morgan fingerprint density at radius 3 is 0.398 bits per heavy atom. The molecule has 0 atom stereocenters. The van der Waals surface area contributed by atoms with Crippen LogP contribution in [0.4, 0.5) is 34.1 Å². The molecule has 2 N–H and O–H groups in total. The quantitative estimate of drug-likeness (QED) is 0.0510. The van der Waals surface area contributed by atoms with E-state index in [1.165, 1.54) is 78.9 Å². The van der Waals surface area contributed by atoms with E-state index in [4.69, 9.17) is 5.73 Å². The Morgan fingerprint density at radius 2 is 0.276 bits per heavy atom. The number of benzene rings is 12. The fourth-order valence-corrected chi connectivity index (χ4v) is 9.85. The summed E-state index contributed by atoms with van der Waals surface area (Å²) in [6.45, 7) is 58.3. The van der Waals surface area contributed by atoms with Crippen molar-refractivity contribution in [2.45, 2.75) is 239 Å². The molecule has 12 aromatic carbocycles. The summed E-state index contributed by atoms with van der Waals surface area (Å²) in [5.41, 5.74) is 27.5. The van der Waals surface area contributed by atoms with Gasteiger partial charge in [0.2, 0.25) is 0 Å². The first-order valence-electron chi connectivity index (χ1n) is 43.9. The molecule has 0 saturated carbocycles. The lowest BCUT2D eigenvalue weighted by Crippen LogP contribution is -1.91. The highest BCUT2D eigenvalue weighted by atomic mass is 16.6. The van der Waals surface area contributed by atoms with Crippen molar-refractivity contribution in [2.75, 3.05) is 5.73 Å². The maximum absolute atomic E-state index is 10.5. The van der Waals surface area contributed by atoms with Crippen LogP contribution in [0.2, 0.25) is 0 Å². The number of hydrogen-bond acceptors (Lipinski definition) is 11. The van der Waals surface area contributed by atoms with Crippen molar-refractivity contribution in [1.82, 2.24) is 0 Å². The third-order valence-electron chi connectivity index (χ3n) is 15.6. The number of anilines is 1. The largest absolute Gasteiger partial charge is 0.399 e. The summed E-state index contributed by atoms with van der Waals surface area (Å²) in [6, 6.07) is 93.4. The first-order chi connectivity index (χ1) is 59.6. The third-order valence-corrected chi connectivity index (χ3v) is 15.6. The van der Waals surface area contributed by atoms with Crippen LogP contribution in [0.5, 0.6) is 0 Å². The molecule has 0 saturated heterocycles. The molecular formula is C107H150N6O10. The highest BCUT2D eigenvalue weighted by Crippen LogP contribution is 2.22. The van der Waals surface area contributed by atoms with Gasteiger partial charge in [-0.2, -0.15) is 0 Å². The molecule has 0 heterocycles. The number of nitrogens with two attached hydrogens (primary N) is 1. The van der Waals surface area contributed by atoms with E-state index in [-0.39, 0.29) is 53.1 Å². The van der Waals surface area contributed by atoms with Gasteiger partial charge in [-0.1, -0.05) is 418 Å². The minimum absolute atomic E-state index is 0.136. The average Bonchev–Trinajstić information content (AvgIpc) is 0.892. The molecule has 12 rings (SSSR count). The molecule has 12 aromatic rings. The topological polar surface area (TPSA) is 242 Å². The van der Waals surface area contributed by atoms with E-state index in [2.05, 4.69) is 168 Å². The van der Waals surface area contributed by atoms with Gasteiger partial charge < -0.3 is 5.73 Å². The van der Waals surface area contributed by atoms with E-state index in [1.807, 2.05) is 209 Å². The predicted octanol–water partition coefficient (Wildman–Crippen LogP) is 32.6. The summed E-state index contributed by atoms with van der Waals surface area (Å²) in [5, 5.41) is 52.5. The Labute approximate surface area is 742 Å². The zero-order chi connectivity index (χ0) is 95.1. The van der Waals surface area contributed by atoms with E-state index < -0.39 is 0 Å². The van der Waals surface area contributed by atoms with Crippen LogP contribution in [0.25, 0.3) is 0 Å². The van der Waals surface area contributed by atoms with Crippen LogP contribution >= 0.6 is 0 Å². The van der Waals surface area contributed by atoms with Gasteiger partial charge >= 0.3 is 0 Å². The van der Waals surface area contributed by atoms with E-state index in [1.54, 1.807) is 109 Å². The van der Waals surface area contributed by atoms with E-state index in [0.717, 1.165) is 72.0 Å². The number of aryl methyl sites for hydroxylation is 5. The van der Waals surface area contributed by atoms with Crippen LogP contribution in [0.1, 0.15) is 261 Å².